The first kappa shape index (κ1) is 21.4. The molecule has 0 bridgehead atoms. The van der Waals surface area contributed by atoms with Crippen LogP contribution in [0.15, 0.2) is 24.5 Å². The van der Waals surface area contributed by atoms with Crippen LogP contribution in [-0.4, -0.2) is 45.2 Å². The fraction of sp³-hybridized carbons (Fsp3) is 0.364. The summed E-state index contributed by atoms with van der Waals surface area (Å²) in [5, 5.41) is 5.89. The number of nitrogens with one attached hydrogen (secondary N) is 2. The average molecular weight is 473 g/mol. The number of carbonyl (C=O) groups excluding carboxylic acids is 2. The smallest absolute Gasteiger partial charge is 0.268 e. The van der Waals surface area contributed by atoms with Gasteiger partial charge in [0.2, 0.25) is 5.91 Å². The van der Waals surface area contributed by atoms with E-state index in [2.05, 4.69) is 20.6 Å². The molecule has 9 nitrogen and oxygen atoms in total. The lowest BCUT2D eigenvalue weighted by Crippen LogP contribution is -2.45. The minimum absolute atomic E-state index is 0.217. The predicted molar refractivity (Wildman–Crippen MR) is 123 cm³/mol. The molecule has 0 saturated heterocycles. The predicted octanol–water partition coefficient (Wildman–Crippen LogP) is 3.80. The Labute approximate surface area is 193 Å². The highest BCUT2D eigenvalue weighted by Gasteiger charge is 2.44. The van der Waals surface area contributed by atoms with E-state index >= 15 is 0 Å². The van der Waals surface area contributed by atoms with Gasteiger partial charge in [-0.25, -0.2) is 14.4 Å². The molecule has 2 aromatic heterocycles. The van der Waals surface area contributed by atoms with Gasteiger partial charge < -0.3 is 24.8 Å². The molecule has 5 rings (SSSR count). The number of alkyl halides is 1. The Balaban J connectivity index is 1.55. The lowest BCUT2D eigenvalue weighted by Gasteiger charge is -2.32. The second-order valence-electron chi connectivity index (χ2n) is 8.83. The van der Waals surface area contributed by atoms with Gasteiger partial charge in [0.05, 0.1) is 34.2 Å². The Morgan fingerprint density at radius 3 is 2.82 bits per heavy atom. The highest BCUT2D eigenvalue weighted by Crippen LogP contribution is 2.43. The highest BCUT2D eigenvalue weighted by atomic mass is 35.5. The summed E-state index contributed by atoms with van der Waals surface area (Å²) in [5.41, 5.74) is 1.27. The number of ether oxygens (including phenoxy) is 1. The molecule has 0 spiro atoms. The normalized spacial score (nSPS) is 20.6. The van der Waals surface area contributed by atoms with Crippen molar-refractivity contribution in [3.63, 3.8) is 0 Å². The van der Waals surface area contributed by atoms with Gasteiger partial charge in [-0.05, 0) is 26.3 Å². The maximum Gasteiger partial charge on any atom is 0.268 e. The third-order valence-corrected chi connectivity index (χ3v) is 6.21. The molecule has 3 heterocycles. The number of rotatable bonds is 4. The van der Waals surface area contributed by atoms with E-state index in [1.807, 2.05) is 13.1 Å². The number of nitrogens with zero attached hydrogens (tertiary/aromatic N) is 4. The van der Waals surface area contributed by atoms with Gasteiger partial charge in [-0.15, -0.1) is 0 Å². The van der Waals surface area contributed by atoms with Crippen molar-refractivity contribution < 1.29 is 18.7 Å². The summed E-state index contributed by atoms with van der Waals surface area (Å²) in [6.45, 7) is 3.36. The zero-order valence-electron chi connectivity index (χ0n) is 18.4. The number of aromatic nitrogens is 3. The minimum Gasteiger partial charge on any atom is -0.476 e. The highest BCUT2D eigenvalue weighted by molar-refractivity contribution is 6.34. The molecule has 2 atom stereocenters. The van der Waals surface area contributed by atoms with E-state index < -0.39 is 23.6 Å². The summed E-state index contributed by atoms with van der Waals surface area (Å²) in [7, 11) is 3.60. The van der Waals surface area contributed by atoms with E-state index in [1.54, 1.807) is 48.8 Å². The third kappa shape index (κ3) is 3.64. The van der Waals surface area contributed by atoms with Crippen LogP contribution in [0.1, 0.15) is 20.3 Å². The first-order chi connectivity index (χ1) is 15.5. The summed E-state index contributed by atoms with van der Waals surface area (Å²) < 4.78 is 21.1. The second kappa shape index (κ2) is 7.31. The van der Waals surface area contributed by atoms with Crippen molar-refractivity contribution in [3.8, 4) is 5.75 Å². The number of halogens is 2. The van der Waals surface area contributed by atoms with Crippen LogP contribution >= 0.6 is 11.6 Å². The molecule has 1 fully saturated rings. The number of benzene rings is 1. The molecule has 1 aliphatic heterocycles. The Hall–Kier alpha value is -3.40. The van der Waals surface area contributed by atoms with Crippen LogP contribution in [0.3, 0.4) is 0 Å². The number of imidazole rings is 1. The average Bonchev–Trinajstić information content (AvgIpc) is 3.37. The molecular weight excluding hydrogens is 451 g/mol. The number of pyridine rings is 1. The minimum atomic E-state index is -1.12. The van der Waals surface area contributed by atoms with Gasteiger partial charge in [-0.1, -0.05) is 11.6 Å². The number of anilines is 4. The van der Waals surface area contributed by atoms with Crippen molar-refractivity contribution in [2.45, 2.75) is 32.0 Å². The SMILES string of the molecule is CN(c1cc2c(ncn2C)c(NC(=O)[C@H]2C[C@H]2F)n1)c1cc2c(cc1Cl)NC(=O)C(C)(C)O2. The van der Waals surface area contributed by atoms with Crippen LogP contribution in [-0.2, 0) is 16.6 Å². The van der Waals surface area contributed by atoms with E-state index in [0.29, 0.717) is 33.5 Å². The van der Waals surface area contributed by atoms with Crippen molar-refractivity contribution in [2.24, 2.45) is 13.0 Å². The largest absolute Gasteiger partial charge is 0.476 e. The molecule has 33 heavy (non-hydrogen) atoms. The quantitative estimate of drug-likeness (QED) is 0.599. The first-order valence-electron chi connectivity index (χ1n) is 10.4. The van der Waals surface area contributed by atoms with Crippen molar-refractivity contribution >= 4 is 57.5 Å². The zero-order chi connectivity index (χ0) is 23.7. The van der Waals surface area contributed by atoms with Crippen molar-refractivity contribution in [3.05, 3.63) is 29.5 Å². The summed E-state index contributed by atoms with van der Waals surface area (Å²) in [4.78, 5) is 35.2. The Bertz CT molecular complexity index is 1320. The lowest BCUT2D eigenvalue weighted by molar-refractivity contribution is -0.129. The Morgan fingerprint density at radius 1 is 1.39 bits per heavy atom. The molecule has 172 valence electrons. The molecule has 1 saturated carbocycles. The van der Waals surface area contributed by atoms with E-state index in [9.17, 15) is 14.0 Å². The molecule has 2 aliphatic rings. The van der Waals surface area contributed by atoms with Gasteiger partial charge >= 0.3 is 0 Å². The number of amides is 2. The molecule has 0 radical (unpaired) electrons. The number of hydrogen-bond acceptors (Lipinski definition) is 6. The lowest BCUT2D eigenvalue weighted by atomic mass is 10.1. The first-order valence-corrected chi connectivity index (χ1v) is 10.8. The molecule has 0 unspecified atom stereocenters. The summed E-state index contributed by atoms with van der Waals surface area (Å²) in [6.07, 6.45) is 0.717. The zero-order valence-corrected chi connectivity index (χ0v) is 19.2. The topological polar surface area (TPSA) is 101 Å². The van der Waals surface area contributed by atoms with E-state index in [0.717, 1.165) is 5.52 Å². The molecule has 1 aromatic carbocycles. The van der Waals surface area contributed by atoms with Gasteiger partial charge in [0.25, 0.3) is 5.91 Å². The van der Waals surface area contributed by atoms with Crippen LogP contribution in [0.25, 0.3) is 11.0 Å². The monoisotopic (exact) mass is 472 g/mol. The van der Waals surface area contributed by atoms with Crippen LogP contribution in [0.2, 0.25) is 5.02 Å². The van der Waals surface area contributed by atoms with Crippen LogP contribution in [0.4, 0.5) is 27.4 Å². The maximum atomic E-state index is 13.4. The van der Waals surface area contributed by atoms with Crippen LogP contribution in [0.5, 0.6) is 5.75 Å². The van der Waals surface area contributed by atoms with Crippen LogP contribution < -0.4 is 20.3 Å². The van der Waals surface area contributed by atoms with Crippen molar-refractivity contribution in [2.75, 3.05) is 22.6 Å². The second-order valence-corrected chi connectivity index (χ2v) is 9.23. The van der Waals surface area contributed by atoms with Crippen molar-refractivity contribution in [1.29, 1.82) is 0 Å². The molecule has 1 aliphatic carbocycles. The van der Waals surface area contributed by atoms with Gasteiger partial charge in [0.15, 0.2) is 11.4 Å². The molecule has 11 heteroatoms. The summed E-state index contributed by atoms with van der Waals surface area (Å²) >= 11 is 6.54. The maximum absolute atomic E-state index is 13.4. The number of hydrogen-bond donors (Lipinski definition) is 2. The van der Waals surface area contributed by atoms with Crippen LogP contribution in [0, 0.1) is 5.92 Å². The molecule has 3 aromatic rings. The fourth-order valence-corrected chi connectivity index (χ4v) is 4.01. The van der Waals surface area contributed by atoms with E-state index in [4.69, 9.17) is 16.3 Å². The molecule has 2 amide bonds. The number of fused-ring (bicyclic) bond motifs is 2. The van der Waals surface area contributed by atoms with E-state index in [1.165, 1.54) is 0 Å². The number of aryl methyl sites for hydroxylation is 1. The molecular formula is C22H22ClFN6O3. The Morgan fingerprint density at radius 2 is 2.12 bits per heavy atom. The number of carbonyl (C=O) groups is 2. The van der Waals surface area contributed by atoms with Gasteiger partial charge in [-0.3, -0.25) is 9.59 Å². The van der Waals surface area contributed by atoms with Gasteiger partial charge in [0.1, 0.15) is 23.3 Å². The van der Waals surface area contributed by atoms with Gasteiger partial charge in [-0.2, -0.15) is 0 Å². The Kier molecular flexibility index (Phi) is 4.75. The van der Waals surface area contributed by atoms with Crippen molar-refractivity contribution in [1.82, 2.24) is 14.5 Å². The third-order valence-electron chi connectivity index (χ3n) is 5.90. The molecule has 2 N–H and O–H groups in total. The van der Waals surface area contributed by atoms with Gasteiger partial charge in [0, 0.05) is 26.2 Å². The standard InChI is InChI=1S/C22H22ClFN6O3/c1-22(2)21(32)26-13-6-11(23)14(7-16(13)33-22)30(4)17-8-15-18(25-9-29(15)3)19(27-17)28-20(31)10-5-12(10)24/h6-10,12H,5H2,1-4H3,(H,26,32)(H,27,28,31)/t10-,12+/m0/s1. The summed E-state index contributed by atoms with van der Waals surface area (Å²) in [6, 6.07) is 5.16. The summed E-state index contributed by atoms with van der Waals surface area (Å²) in [5.74, 6) is -0.129. The van der Waals surface area contributed by atoms with E-state index in [-0.39, 0.29) is 18.1 Å². The fourth-order valence-electron chi connectivity index (χ4n) is 3.72.